The van der Waals surface area contributed by atoms with Crippen molar-refractivity contribution in [3.8, 4) is 11.5 Å². The van der Waals surface area contributed by atoms with Gasteiger partial charge in [-0.2, -0.15) is 0 Å². The standard InChI is InChI=1S/C16H22O5/c1-4-21-16(17)14-7-12(14)10-20-9-11-5-6-13(18-2)8-15(11)19-3/h5-6,8,12,14H,4,7,9-10H2,1-3H3. The van der Waals surface area contributed by atoms with Gasteiger partial charge in [0, 0.05) is 11.6 Å². The molecule has 2 atom stereocenters. The van der Waals surface area contributed by atoms with Crippen molar-refractivity contribution < 1.29 is 23.7 Å². The number of esters is 1. The Morgan fingerprint density at radius 2 is 2.10 bits per heavy atom. The van der Waals surface area contributed by atoms with Gasteiger partial charge in [0.15, 0.2) is 0 Å². The lowest BCUT2D eigenvalue weighted by Crippen LogP contribution is -2.09. The minimum Gasteiger partial charge on any atom is -0.497 e. The number of carbonyl (C=O) groups is 1. The van der Waals surface area contributed by atoms with Crippen LogP contribution in [0.25, 0.3) is 0 Å². The molecule has 1 aliphatic carbocycles. The Bertz CT molecular complexity index is 486. The van der Waals surface area contributed by atoms with E-state index in [2.05, 4.69) is 0 Å². The molecule has 0 radical (unpaired) electrons. The number of hydrogen-bond acceptors (Lipinski definition) is 5. The van der Waals surface area contributed by atoms with Crippen LogP contribution in [0, 0.1) is 11.8 Å². The minimum absolute atomic E-state index is 0.0164. The highest BCUT2D eigenvalue weighted by Gasteiger charge is 2.44. The van der Waals surface area contributed by atoms with E-state index in [4.69, 9.17) is 18.9 Å². The summed E-state index contributed by atoms with van der Waals surface area (Å²) in [5.41, 5.74) is 0.964. The maximum absolute atomic E-state index is 11.5. The topological polar surface area (TPSA) is 54.0 Å². The van der Waals surface area contributed by atoms with Gasteiger partial charge in [0.1, 0.15) is 11.5 Å². The first-order chi connectivity index (χ1) is 10.2. The lowest BCUT2D eigenvalue weighted by molar-refractivity contribution is -0.145. The summed E-state index contributed by atoms with van der Waals surface area (Å²) in [5, 5.41) is 0. The summed E-state index contributed by atoms with van der Waals surface area (Å²) >= 11 is 0. The first kappa shape index (κ1) is 15.6. The summed E-state index contributed by atoms with van der Waals surface area (Å²) in [6.07, 6.45) is 0.860. The smallest absolute Gasteiger partial charge is 0.309 e. The van der Waals surface area contributed by atoms with E-state index in [1.165, 1.54) is 0 Å². The van der Waals surface area contributed by atoms with Gasteiger partial charge in [0.25, 0.3) is 0 Å². The average molecular weight is 294 g/mol. The van der Waals surface area contributed by atoms with Gasteiger partial charge in [-0.05, 0) is 31.4 Å². The third-order valence-corrected chi connectivity index (χ3v) is 3.60. The van der Waals surface area contributed by atoms with Crippen LogP contribution in [0.3, 0.4) is 0 Å². The van der Waals surface area contributed by atoms with Gasteiger partial charge < -0.3 is 18.9 Å². The molecule has 5 heteroatoms. The number of carbonyl (C=O) groups excluding carboxylic acids is 1. The Hall–Kier alpha value is -1.75. The van der Waals surface area contributed by atoms with E-state index >= 15 is 0 Å². The molecule has 21 heavy (non-hydrogen) atoms. The molecule has 2 rings (SSSR count). The van der Waals surface area contributed by atoms with Crippen LogP contribution in [0.2, 0.25) is 0 Å². The zero-order valence-electron chi connectivity index (χ0n) is 12.8. The summed E-state index contributed by atoms with van der Waals surface area (Å²) in [5.74, 6) is 1.69. The number of hydrogen-bond donors (Lipinski definition) is 0. The molecule has 0 N–H and O–H groups in total. The van der Waals surface area contributed by atoms with Crippen molar-refractivity contribution in [2.75, 3.05) is 27.4 Å². The van der Waals surface area contributed by atoms with Crippen LogP contribution >= 0.6 is 0 Å². The van der Waals surface area contributed by atoms with Gasteiger partial charge in [-0.1, -0.05) is 0 Å². The second-order valence-corrected chi connectivity index (χ2v) is 5.05. The maximum atomic E-state index is 11.5. The van der Waals surface area contributed by atoms with E-state index < -0.39 is 0 Å². The van der Waals surface area contributed by atoms with Crippen molar-refractivity contribution in [3.63, 3.8) is 0 Å². The van der Waals surface area contributed by atoms with Crippen LogP contribution < -0.4 is 9.47 Å². The predicted molar refractivity (Wildman–Crippen MR) is 77.4 cm³/mol. The van der Waals surface area contributed by atoms with Crippen LogP contribution in [0.4, 0.5) is 0 Å². The van der Waals surface area contributed by atoms with E-state index in [1.807, 2.05) is 25.1 Å². The van der Waals surface area contributed by atoms with Gasteiger partial charge in [-0.25, -0.2) is 0 Å². The van der Waals surface area contributed by atoms with Crippen LogP contribution in [0.5, 0.6) is 11.5 Å². The largest absolute Gasteiger partial charge is 0.497 e. The molecule has 0 saturated heterocycles. The Morgan fingerprint density at radius 3 is 2.76 bits per heavy atom. The summed E-state index contributed by atoms with van der Waals surface area (Å²) in [7, 11) is 3.24. The van der Waals surface area contributed by atoms with Gasteiger partial charge in [-0.3, -0.25) is 4.79 Å². The Kier molecular flexibility index (Phi) is 5.44. The van der Waals surface area contributed by atoms with E-state index in [9.17, 15) is 4.79 Å². The van der Waals surface area contributed by atoms with Crippen molar-refractivity contribution in [1.29, 1.82) is 0 Å². The monoisotopic (exact) mass is 294 g/mol. The molecule has 1 aromatic carbocycles. The fourth-order valence-electron chi connectivity index (χ4n) is 2.26. The first-order valence-electron chi connectivity index (χ1n) is 7.14. The van der Waals surface area contributed by atoms with Crippen molar-refractivity contribution in [2.24, 2.45) is 11.8 Å². The lowest BCUT2D eigenvalue weighted by Gasteiger charge is -2.10. The molecule has 5 nitrogen and oxygen atoms in total. The molecule has 2 unspecified atom stereocenters. The van der Waals surface area contributed by atoms with Crippen LogP contribution in [-0.4, -0.2) is 33.4 Å². The van der Waals surface area contributed by atoms with Gasteiger partial charge in [-0.15, -0.1) is 0 Å². The maximum Gasteiger partial charge on any atom is 0.309 e. The van der Waals surface area contributed by atoms with Gasteiger partial charge >= 0.3 is 5.97 Å². The molecule has 0 aliphatic heterocycles. The Labute approximate surface area is 125 Å². The molecule has 0 heterocycles. The molecule has 0 aromatic heterocycles. The third kappa shape index (κ3) is 4.11. The van der Waals surface area contributed by atoms with Crippen LogP contribution in [0.15, 0.2) is 18.2 Å². The van der Waals surface area contributed by atoms with Crippen molar-refractivity contribution in [2.45, 2.75) is 20.0 Å². The van der Waals surface area contributed by atoms with Crippen molar-refractivity contribution >= 4 is 5.97 Å². The number of benzene rings is 1. The van der Waals surface area contributed by atoms with E-state index in [0.717, 1.165) is 23.5 Å². The summed E-state index contributed by atoms with van der Waals surface area (Å²) < 4.78 is 21.2. The molecule has 116 valence electrons. The van der Waals surface area contributed by atoms with Crippen LogP contribution in [-0.2, 0) is 20.9 Å². The number of methoxy groups -OCH3 is 2. The molecule has 0 bridgehead atoms. The summed E-state index contributed by atoms with van der Waals surface area (Å²) in [4.78, 5) is 11.5. The summed E-state index contributed by atoms with van der Waals surface area (Å²) in [6, 6.07) is 5.63. The highest BCUT2D eigenvalue weighted by Crippen LogP contribution is 2.39. The molecule has 1 fully saturated rings. The molecule has 0 spiro atoms. The quantitative estimate of drug-likeness (QED) is 0.689. The van der Waals surface area contributed by atoms with E-state index in [0.29, 0.717) is 19.8 Å². The van der Waals surface area contributed by atoms with Crippen molar-refractivity contribution in [1.82, 2.24) is 0 Å². The second kappa shape index (κ2) is 7.31. The van der Waals surface area contributed by atoms with Crippen LogP contribution in [0.1, 0.15) is 18.9 Å². The van der Waals surface area contributed by atoms with E-state index in [1.54, 1.807) is 14.2 Å². The molecular weight excluding hydrogens is 272 g/mol. The zero-order valence-corrected chi connectivity index (χ0v) is 12.8. The van der Waals surface area contributed by atoms with Gasteiger partial charge in [0.05, 0.1) is 40.0 Å². The third-order valence-electron chi connectivity index (χ3n) is 3.60. The minimum atomic E-state index is -0.104. The number of rotatable bonds is 8. The number of ether oxygens (including phenoxy) is 4. The van der Waals surface area contributed by atoms with E-state index in [-0.39, 0.29) is 17.8 Å². The molecule has 1 saturated carbocycles. The highest BCUT2D eigenvalue weighted by atomic mass is 16.5. The zero-order chi connectivity index (χ0) is 15.2. The fraction of sp³-hybridized carbons (Fsp3) is 0.562. The molecule has 1 aliphatic rings. The predicted octanol–water partition coefficient (Wildman–Crippen LogP) is 2.42. The highest BCUT2D eigenvalue weighted by molar-refractivity contribution is 5.75. The molecular formula is C16H22O5. The SMILES string of the molecule is CCOC(=O)C1CC1COCc1ccc(OC)cc1OC. The fourth-order valence-corrected chi connectivity index (χ4v) is 2.26. The Balaban J connectivity index is 1.78. The van der Waals surface area contributed by atoms with Crippen molar-refractivity contribution in [3.05, 3.63) is 23.8 Å². The summed E-state index contributed by atoms with van der Waals surface area (Å²) in [6.45, 7) is 3.28. The lowest BCUT2D eigenvalue weighted by atomic mass is 10.2. The normalized spacial score (nSPS) is 20.0. The first-order valence-corrected chi connectivity index (χ1v) is 7.14. The molecule has 1 aromatic rings. The second-order valence-electron chi connectivity index (χ2n) is 5.05. The van der Waals surface area contributed by atoms with Gasteiger partial charge in [0.2, 0.25) is 0 Å². The Morgan fingerprint density at radius 1 is 1.29 bits per heavy atom. The average Bonchev–Trinajstić information content (AvgIpc) is 3.27. The molecule has 0 amide bonds.